The largest absolute Gasteiger partial charge is 0.357 e. The normalized spacial score (nSPS) is 12.5. The van der Waals surface area contributed by atoms with Crippen LogP contribution in [0.3, 0.4) is 0 Å². The first-order valence-electron chi connectivity index (χ1n) is 11.8. The summed E-state index contributed by atoms with van der Waals surface area (Å²) < 4.78 is 2.03. The minimum atomic E-state index is -0.411. The van der Waals surface area contributed by atoms with Gasteiger partial charge in [0.1, 0.15) is 6.29 Å². The number of fused-ring (bicyclic) bond motifs is 1. The molecule has 3 rings (SSSR count). The van der Waals surface area contributed by atoms with Gasteiger partial charge in [-0.05, 0) is 49.9 Å². The van der Waals surface area contributed by atoms with Crippen LogP contribution in [0.25, 0.3) is 23.4 Å². The zero-order chi connectivity index (χ0) is 24.8. The molecule has 2 aromatic carbocycles. The Morgan fingerprint density at radius 2 is 1.97 bits per heavy atom. The van der Waals surface area contributed by atoms with Crippen LogP contribution < -0.4 is 16.0 Å². The van der Waals surface area contributed by atoms with Gasteiger partial charge < -0.3 is 19.6 Å². The number of Topliss-reactive ketones (excluding diaryl/α,β-unsaturated/α-hetero) is 1. The molecule has 0 aliphatic rings. The van der Waals surface area contributed by atoms with Crippen molar-refractivity contribution in [3.63, 3.8) is 0 Å². The van der Waals surface area contributed by atoms with Crippen LogP contribution in [-0.2, 0) is 16.1 Å². The molecule has 1 aromatic heterocycles. The molecule has 34 heavy (non-hydrogen) atoms. The molecule has 0 radical (unpaired) electrons. The molecule has 3 aromatic rings. The van der Waals surface area contributed by atoms with E-state index in [0.29, 0.717) is 19.4 Å². The highest BCUT2D eigenvalue weighted by Crippen LogP contribution is 2.21. The molecule has 1 N–H and O–H groups in total. The van der Waals surface area contributed by atoms with Crippen LogP contribution in [0.2, 0.25) is 0 Å². The van der Waals surface area contributed by atoms with Crippen LogP contribution in [0, 0.1) is 6.92 Å². The second kappa shape index (κ2) is 11.0. The molecule has 0 bridgehead atoms. The van der Waals surface area contributed by atoms with Crippen molar-refractivity contribution in [3.8, 4) is 0 Å². The third kappa shape index (κ3) is 5.30. The van der Waals surface area contributed by atoms with Crippen LogP contribution >= 0.6 is 0 Å². The molecule has 1 atom stereocenters. The maximum absolute atomic E-state index is 12.6. The number of benzene rings is 2. The van der Waals surface area contributed by atoms with Gasteiger partial charge in [-0.15, -0.1) is 0 Å². The smallest absolute Gasteiger partial charge is 0.152 e. The third-order valence-corrected chi connectivity index (χ3v) is 6.18. The summed E-state index contributed by atoms with van der Waals surface area (Å²) in [4.78, 5) is 25.7. The number of nitrogens with zero attached hydrogens (tertiary/aromatic N) is 2. The van der Waals surface area contributed by atoms with E-state index in [9.17, 15) is 9.59 Å². The minimum absolute atomic E-state index is 0.0345. The van der Waals surface area contributed by atoms with Crippen molar-refractivity contribution in [1.29, 1.82) is 0 Å². The summed E-state index contributed by atoms with van der Waals surface area (Å²) in [7, 11) is 2.01. The van der Waals surface area contributed by atoms with Crippen LogP contribution in [0.1, 0.15) is 50.3 Å². The van der Waals surface area contributed by atoms with Crippen LogP contribution in [0.5, 0.6) is 0 Å². The Morgan fingerprint density at radius 3 is 2.62 bits per heavy atom. The van der Waals surface area contributed by atoms with Gasteiger partial charge in [-0.3, -0.25) is 4.79 Å². The summed E-state index contributed by atoms with van der Waals surface area (Å²) in [5, 5.41) is 7.31. The SMILES string of the molecule is C=C(Nc1cccc(C)c1)N(C)Cc1cccc2c(=CCC)n(C(CCC=O)C(C)=O)c(=C)c12. The van der Waals surface area contributed by atoms with Gasteiger partial charge >= 0.3 is 0 Å². The van der Waals surface area contributed by atoms with E-state index in [1.165, 1.54) is 5.56 Å². The molecule has 178 valence electrons. The third-order valence-electron chi connectivity index (χ3n) is 6.18. The fourth-order valence-electron chi connectivity index (χ4n) is 4.52. The molecule has 1 unspecified atom stereocenters. The van der Waals surface area contributed by atoms with Crippen molar-refractivity contribution in [2.75, 3.05) is 12.4 Å². The van der Waals surface area contributed by atoms with Crippen molar-refractivity contribution < 1.29 is 9.59 Å². The zero-order valence-corrected chi connectivity index (χ0v) is 20.7. The molecule has 0 spiro atoms. The van der Waals surface area contributed by atoms with Gasteiger partial charge in [0.05, 0.1) is 11.9 Å². The quantitative estimate of drug-likeness (QED) is 0.425. The lowest BCUT2D eigenvalue weighted by Crippen LogP contribution is -2.34. The Balaban J connectivity index is 2.03. The molecule has 5 nitrogen and oxygen atoms in total. The summed E-state index contributed by atoms with van der Waals surface area (Å²) in [6.45, 7) is 15.0. The van der Waals surface area contributed by atoms with Crippen molar-refractivity contribution in [2.24, 2.45) is 0 Å². The molecular formula is C29H35N3O2. The van der Waals surface area contributed by atoms with E-state index >= 15 is 0 Å². The molecule has 0 saturated heterocycles. The Morgan fingerprint density at radius 1 is 1.24 bits per heavy atom. The van der Waals surface area contributed by atoms with Gasteiger partial charge in [0.25, 0.3) is 0 Å². The fraction of sp³-hybridized carbons (Fsp3) is 0.310. The van der Waals surface area contributed by atoms with E-state index in [0.717, 1.165) is 51.2 Å². The zero-order valence-electron chi connectivity index (χ0n) is 20.7. The first-order valence-corrected chi connectivity index (χ1v) is 11.8. The van der Waals surface area contributed by atoms with E-state index in [1.807, 2.05) is 29.8 Å². The number of nitrogens with one attached hydrogen (secondary N) is 1. The van der Waals surface area contributed by atoms with E-state index in [-0.39, 0.29) is 5.78 Å². The summed E-state index contributed by atoms with van der Waals surface area (Å²) in [6, 6.07) is 14.0. The highest BCUT2D eigenvalue weighted by atomic mass is 16.1. The Bertz CT molecular complexity index is 1320. The van der Waals surface area contributed by atoms with Crippen molar-refractivity contribution in [2.45, 2.75) is 52.6 Å². The number of carbonyl (C=O) groups is 2. The lowest BCUT2D eigenvalue weighted by atomic mass is 10.1. The summed E-state index contributed by atoms with van der Waals surface area (Å²) in [6.07, 6.45) is 4.65. The number of hydrogen-bond donors (Lipinski definition) is 1. The second-order valence-electron chi connectivity index (χ2n) is 8.82. The van der Waals surface area contributed by atoms with Gasteiger partial charge in [-0.1, -0.05) is 56.5 Å². The standard InChI is InChI=1S/C29H35N3O2/c1-7-11-28-26-15-9-13-24(19-31(6)23(5)30-25-14-8-12-20(2)18-25)29(26)21(3)32(28)27(22(4)34)16-10-17-33/h8-9,11-15,17-18,27,30H,3,5,7,10,16,19H2,1-2,4,6H3. The molecule has 0 saturated carbocycles. The van der Waals surface area contributed by atoms with E-state index in [4.69, 9.17) is 0 Å². The second-order valence-corrected chi connectivity index (χ2v) is 8.82. The number of aryl methyl sites for hydroxylation is 1. The van der Waals surface area contributed by atoms with Crippen LogP contribution in [0.15, 0.2) is 54.9 Å². The average molecular weight is 458 g/mol. The number of rotatable bonds is 11. The monoisotopic (exact) mass is 457 g/mol. The number of ketones is 1. The summed E-state index contributed by atoms with van der Waals surface area (Å²) in [5.74, 6) is 0.827. The number of aromatic nitrogens is 1. The lowest BCUT2D eigenvalue weighted by molar-refractivity contribution is -0.120. The van der Waals surface area contributed by atoms with E-state index < -0.39 is 6.04 Å². The first kappa shape index (κ1) is 25.0. The Kier molecular flexibility index (Phi) is 8.11. The van der Waals surface area contributed by atoms with Crippen molar-refractivity contribution in [3.05, 3.63) is 76.7 Å². The topological polar surface area (TPSA) is 54.3 Å². The predicted molar refractivity (Wildman–Crippen MR) is 142 cm³/mol. The lowest BCUT2D eigenvalue weighted by Gasteiger charge is -2.23. The van der Waals surface area contributed by atoms with Crippen molar-refractivity contribution >= 4 is 41.2 Å². The first-order chi connectivity index (χ1) is 16.3. The number of carbonyl (C=O) groups excluding carboxylic acids is 2. The van der Waals surface area contributed by atoms with E-state index in [1.54, 1.807) is 6.92 Å². The summed E-state index contributed by atoms with van der Waals surface area (Å²) in [5.41, 5.74) is 3.29. The molecule has 0 amide bonds. The number of hydrogen-bond acceptors (Lipinski definition) is 4. The van der Waals surface area contributed by atoms with Gasteiger partial charge in [-0.25, -0.2) is 0 Å². The van der Waals surface area contributed by atoms with Crippen molar-refractivity contribution in [1.82, 2.24) is 9.47 Å². The maximum atomic E-state index is 12.6. The molecule has 5 heteroatoms. The van der Waals surface area contributed by atoms with Crippen LogP contribution in [0.4, 0.5) is 5.69 Å². The Hall–Kier alpha value is -3.60. The maximum Gasteiger partial charge on any atom is 0.152 e. The van der Waals surface area contributed by atoms with Gasteiger partial charge in [0.2, 0.25) is 0 Å². The molecule has 1 heterocycles. The molecular weight excluding hydrogens is 422 g/mol. The Labute approximate surface area is 202 Å². The summed E-state index contributed by atoms with van der Waals surface area (Å²) >= 11 is 0. The van der Waals surface area contributed by atoms with Gasteiger partial charge in [0.15, 0.2) is 5.78 Å². The van der Waals surface area contributed by atoms with Gasteiger partial charge in [-0.2, -0.15) is 0 Å². The number of anilines is 1. The molecule has 0 aliphatic carbocycles. The molecule has 0 aliphatic heterocycles. The minimum Gasteiger partial charge on any atom is -0.357 e. The number of aldehydes is 1. The predicted octanol–water partition coefficient (Wildman–Crippen LogP) is 4.67. The van der Waals surface area contributed by atoms with E-state index in [2.05, 4.69) is 67.6 Å². The fourth-order valence-corrected chi connectivity index (χ4v) is 4.52. The average Bonchev–Trinajstić information content (AvgIpc) is 3.06. The molecule has 0 fully saturated rings. The highest BCUT2D eigenvalue weighted by Gasteiger charge is 2.21. The van der Waals surface area contributed by atoms with Gasteiger partial charge in [0, 0.05) is 47.2 Å². The van der Waals surface area contributed by atoms with Crippen LogP contribution in [-0.4, -0.2) is 28.6 Å². The highest BCUT2D eigenvalue weighted by molar-refractivity contribution is 5.89.